The van der Waals surface area contributed by atoms with Gasteiger partial charge in [0, 0.05) is 42.8 Å². The molecule has 0 amide bonds. The molecule has 0 spiro atoms. The van der Waals surface area contributed by atoms with E-state index in [9.17, 15) is 8.42 Å². The number of sulfonamides is 1. The highest BCUT2D eigenvalue weighted by molar-refractivity contribution is 9.10. The Kier molecular flexibility index (Phi) is 6.01. The van der Waals surface area contributed by atoms with Crippen molar-refractivity contribution < 1.29 is 12.9 Å². The summed E-state index contributed by atoms with van der Waals surface area (Å²) < 4.78 is 33.2. The zero-order chi connectivity index (χ0) is 19.1. The van der Waals surface area contributed by atoms with Crippen LogP contribution < -0.4 is 0 Å². The normalized spacial score (nSPS) is 17.0. The topological polar surface area (TPSA) is 66.7 Å². The van der Waals surface area contributed by atoms with E-state index in [-0.39, 0.29) is 14.9 Å². The molecule has 1 fully saturated rings. The number of piperazine rings is 1. The third-order valence-electron chi connectivity index (χ3n) is 4.46. The van der Waals surface area contributed by atoms with Gasteiger partial charge >= 0.3 is 0 Å². The maximum atomic E-state index is 13.0. The van der Waals surface area contributed by atoms with Gasteiger partial charge in [0.1, 0.15) is 10.7 Å². The van der Waals surface area contributed by atoms with Gasteiger partial charge in [-0.3, -0.25) is 4.90 Å². The molecule has 6 nitrogen and oxygen atoms in total. The molecule has 0 aliphatic carbocycles. The Labute approximate surface area is 171 Å². The van der Waals surface area contributed by atoms with E-state index in [1.54, 1.807) is 0 Å². The second kappa shape index (κ2) is 7.77. The Bertz CT molecular complexity index is 882. The number of hydrogen-bond donors (Lipinski definition) is 0. The highest BCUT2D eigenvalue weighted by Gasteiger charge is 2.32. The van der Waals surface area contributed by atoms with E-state index in [1.807, 2.05) is 13.8 Å². The first kappa shape index (κ1) is 20.1. The Morgan fingerprint density at radius 2 is 1.73 bits per heavy atom. The minimum Gasteiger partial charge on any atom is -0.361 e. The van der Waals surface area contributed by atoms with Gasteiger partial charge in [-0.05, 0) is 26.0 Å². The average molecular weight is 483 g/mol. The molecular formula is C16H18BrCl2N3O3S. The predicted octanol–water partition coefficient (Wildman–Crippen LogP) is 3.87. The number of aryl methyl sites for hydroxylation is 2. The molecule has 2 aromatic rings. The third-order valence-corrected chi connectivity index (χ3v) is 7.73. The van der Waals surface area contributed by atoms with Crippen molar-refractivity contribution in [2.75, 3.05) is 26.2 Å². The molecule has 1 saturated heterocycles. The van der Waals surface area contributed by atoms with E-state index in [4.69, 9.17) is 27.7 Å². The SMILES string of the molecule is Cc1noc(C)c1CN1CCN(S(=O)(=O)c2c(Cl)cc(Br)cc2Cl)CC1. The molecular weight excluding hydrogens is 465 g/mol. The van der Waals surface area contributed by atoms with E-state index >= 15 is 0 Å². The first-order chi connectivity index (χ1) is 12.2. The molecule has 1 aromatic heterocycles. The van der Waals surface area contributed by atoms with Gasteiger partial charge in [-0.15, -0.1) is 0 Å². The maximum Gasteiger partial charge on any atom is 0.246 e. The van der Waals surface area contributed by atoms with Gasteiger partial charge in [0.05, 0.1) is 15.7 Å². The van der Waals surface area contributed by atoms with Crippen LogP contribution in [0.4, 0.5) is 0 Å². The van der Waals surface area contributed by atoms with E-state index in [0.29, 0.717) is 37.2 Å². The molecule has 1 aliphatic rings. The maximum absolute atomic E-state index is 13.0. The average Bonchev–Trinajstić information content (AvgIpc) is 2.86. The van der Waals surface area contributed by atoms with Gasteiger partial charge in [-0.2, -0.15) is 4.31 Å². The second-order valence-corrected chi connectivity index (χ2v) is 9.79. The van der Waals surface area contributed by atoms with E-state index < -0.39 is 10.0 Å². The summed E-state index contributed by atoms with van der Waals surface area (Å²) in [6.45, 7) is 6.43. The van der Waals surface area contributed by atoms with Crippen molar-refractivity contribution in [1.29, 1.82) is 0 Å². The zero-order valence-corrected chi connectivity index (χ0v) is 18.2. The minimum atomic E-state index is -3.75. The van der Waals surface area contributed by atoms with Gasteiger partial charge in [0.2, 0.25) is 10.0 Å². The molecule has 0 atom stereocenters. The van der Waals surface area contributed by atoms with Gasteiger partial charge < -0.3 is 4.52 Å². The summed E-state index contributed by atoms with van der Waals surface area (Å²) in [6.07, 6.45) is 0. The van der Waals surface area contributed by atoms with Crippen LogP contribution in [-0.2, 0) is 16.6 Å². The monoisotopic (exact) mass is 481 g/mol. The van der Waals surface area contributed by atoms with Gasteiger partial charge in [-0.25, -0.2) is 8.42 Å². The lowest BCUT2D eigenvalue weighted by Gasteiger charge is -2.34. The lowest BCUT2D eigenvalue weighted by Crippen LogP contribution is -2.48. The fourth-order valence-corrected chi connectivity index (χ4v) is 6.29. The number of nitrogens with zero attached hydrogens (tertiary/aromatic N) is 3. The number of benzene rings is 1. The number of aromatic nitrogens is 1. The van der Waals surface area contributed by atoms with Gasteiger partial charge in [-0.1, -0.05) is 44.3 Å². The van der Waals surface area contributed by atoms with Crippen LogP contribution in [0.1, 0.15) is 17.0 Å². The second-order valence-electron chi connectivity index (χ2n) is 6.18. The Balaban J connectivity index is 1.73. The largest absolute Gasteiger partial charge is 0.361 e. The molecule has 0 N–H and O–H groups in total. The molecule has 10 heteroatoms. The van der Waals surface area contributed by atoms with Crippen LogP contribution in [-0.4, -0.2) is 49.0 Å². The Morgan fingerprint density at radius 1 is 1.15 bits per heavy atom. The quantitative estimate of drug-likeness (QED) is 0.661. The zero-order valence-electron chi connectivity index (χ0n) is 14.3. The fourth-order valence-electron chi connectivity index (χ4n) is 2.98. The molecule has 0 unspecified atom stereocenters. The van der Waals surface area contributed by atoms with Crippen molar-refractivity contribution in [2.45, 2.75) is 25.3 Å². The van der Waals surface area contributed by atoms with E-state index in [2.05, 4.69) is 26.0 Å². The number of halogens is 3. The van der Waals surface area contributed by atoms with E-state index in [0.717, 1.165) is 17.0 Å². The highest BCUT2D eigenvalue weighted by Crippen LogP contribution is 2.35. The van der Waals surface area contributed by atoms with Crippen LogP contribution in [0.25, 0.3) is 0 Å². The number of rotatable bonds is 4. The van der Waals surface area contributed by atoms with Crippen molar-refractivity contribution in [1.82, 2.24) is 14.4 Å². The van der Waals surface area contributed by atoms with Crippen molar-refractivity contribution in [2.24, 2.45) is 0 Å². The van der Waals surface area contributed by atoms with Crippen molar-refractivity contribution >= 4 is 49.2 Å². The number of hydrogen-bond acceptors (Lipinski definition) is 5. The first-order valence-corrected chi connectivity index (χ1v) is 11.0. The summed E-state index contributed by atoms with van der Waals surface area (Å²) in [5, 5.41) is 4.19. The lowest BCUT2D eigenvalue weighted by molar-refractivity contribution is 0.180. The fraction of sp³-hybridized carbons (Fsp3) is 0.438. The minimum absolute atomic E-state index is 0.0387. The molecule has 1 aromatic carbocycles. The summed E-state index contributed by atoms with van der Waals surface area (Å²) in [5.74, 6) is 0.797. The smallest absolute Gasteiger partial charge is 0.246 e. The van der Waals surface area contributed by atoms with Crippen LogP contribution in [0.3, 0.4) is 0 Å². The van der Waals surface area contributed by atoms with Gasteiger partial charge in [0.15, 0.2) is 0 Å². The van der Waals surface area contributed by atoms with Crippen LogP contribution in [0.15, 0.2) is 26.0 Å². The summed E-state index contributed by atoms with van der Waals surface area (Å²) in [7, 11) is -3.75. The molecule has 0 bridgehead atoms. The van der Waals surface area contributed by atoms with Crippen LogP contribution >= 0.6 is 39.1 Å². The summed E-state index contributed by atoms with van der Waals surface area (Å²) >= 11 is 15.6. The molecule has 1 aliphatic heterocycles. The lowest BCUT2D eigenvalue weighted by atomic mass is 10.2. The highest BCUT2D eigenvalue weighted by atomic mass is 79.9. The Hall–Kier alpha value is -0.640. The molecule has 142 valence electrons. The van der Waals surface area contributed by atoms with Crippen molar-refractivity contribution in [3.63, 3.8) is 0 Å². The van der Waals surface area contributed by atoms with Crippen LogP contribution in [0.5, 0.6) is 0 Å². The molecule has 3 rings (SSSR count). The van der Waals surface area contributed by atoms with E-state index in [1.165, 1.54) is 16.4 Å². The van der Waals surface area contributed by atoms with Crippen molar-refractivity contribution in [3.05, 3.63) is 43.7 Å². The molecule has 0 radical (unpaired) electrons. The standard InChI is InChI=1S/C16H18BrCl2N3O3S/c1-10-13(11(2)25-20-10)9-21-3-5-22(6-4-21)26(23,24)16-14(18)7-12(17)8-15(16)19/h7-8H,3-6,9H2,1-2H3. The summed E-state index contributed by atoms with van der Waals surface area (Å²) in [5.41, 5.74) is 1.92. The van der Waals surface area contributed by atoms with Crippen LogP contribution in [0.2, 0.25) is 10.0 Å². The first-order valence-electron chi connectivity index (χ1n) is 7.99. The Morgan fingerprint density at radius 3 is 2.23 bits per heavy atom. The molecule has 2 heterocycles. The summed E-state index contributed by atoms with van der Waals surface area (Å²) in [4.78, 5) is 2.15. The molecule has 0 saturated carbocycles. The van der Waals surface area contributed by atoms with Gasteiger partial charge in [0.25, 0.3) is 0 Å². The summed E-state index contributed by atoms with van der Waals surface area (Å²) in [6, 6.07) is 3.07. The molecule has 26 heavy (non-hydrogen) atoms. The third kappa shape index (κ3) is 3.95. The van der Waals surface area contributed by atoms with Crippen LogP contribution in [0, 0.1) is 13.8 Å². The van der Waals surface area contributed by atoms with Crippen molar-refractivity contribution in [3.8, 4) is 0 Å². The predicted molar refractivity (Wildman–Crippen MR) is 104 cm³/mol.